The van der Waals surface area contributed by atoms with E-state index in [1.165, 1.54) is 0 Å². The molecular weight excluding hydrogens is 246 g/mol. The Bertz CT molecular complexity index is 304. The molecule has 19 heavy (non-hydrogen) atoms. The van der Waals surface area contributed by atoms with Crippen molar-refractivity contribution in [3.63, 3.8) is 0 Å². The first kappa shape index (κ1) is 15.9. The lowest BCUT2D eigenvalue weighted by atomic mass is 10.2. The monoisotopic (exact) mass is 271 g/mol. The fraction of sp³-hybridized carbons (Fsp3) is 0.846. The summed E-state index contributed by atoms with van der Waals surface area (Å²) in [6, 6.07) is -0.352. The molecule has 1 aliphatic rings. The first-order valence-electron chi connectivity index (χ1n) is 6.93. The fourth-order valence-electron chi connectivity index (χ4n) is 2.12. The minimum absolute atomic E-state index is 0.0345. The molecule has 0 aromatic heterocycles. The van der Waals surface area contributed by atoms with Gasteiger partial charge in [-0.1, -0.05) is 6.92 Å². The van der Waals surface area contributed by atoms with Crippen molar-refractivity contribution in [3.05, 3.63) is 0 Å². The van der Waals surface area contributed by atoms with Crippen molar-refractivity contribution >= 4 is 11.8 Å². The van der Waals surface area contributed by atoms with Crippen molar-refractivity contribution in [1.29, 1.82) is 0 Å². The highest BCUT2D eigenvalue weighted by Crippen LogP contribution is 2.01. The number of carbonyl (C=O) groups excluding carboxylic acids is 2. The summed E-state index contributed by atoms with van der Waals surface area (Å²) in [6.07, 6.45) is 0.384. The summed E-state index contributed by atoms with van der Waals surface area (Å²) in [5.74, 6) is -0.129. The Balaban J connectivity index is 2.34. The molecular formula is C13H25N3O3. The minimum Gasteiger partial charge on any atom is -0.378 e. The third-order valence-electron chi connectivity index (χ3n) is 3.11. The molecule has 0 aromatic rings. The van der Waals surface area contributed by atoms with Gasteiger partial charge in [-0.2, -0.15) is 0 Å². The second-order valence-electron chi connectivity index (χ2n) is 4.89. The van der Waals surface area contributed by atoms with Gasteiger partial charge in [0.25, 0.3) is 0 Å². The zero-order valence-corrected chi connectivity index (χ0v) is 12.1. The molecule has 2 amide bonds. The molecule has 6 heteroatoms. The van der Waals surface area contributed by atoms with Gasteiger partial charge in [-0.3, -0.25) is 9.59 Å². The third kappa shape index (κ3) is 5.57. The normalized spacial score (nSPS) is 18.8. The molecule has 6 nitrogen and oxygen atoms in total. The van der Waals surface area contributed by atoms with Crippen LogP contribution in [0.15, 0.2) is 0 Å². The predicted molar refractivity (Wildman–Crippen MR) is 72.8 cm³/mol. The molecule has 1 aliphatic heterocycles. The van der Waals surface area contributed by atoms with Gasteiger partial charge in [0, 0.05) is 25.6 Å². The molecule has 1 saturated heterocycles. The summed E-state index contributed by atoms with van der Waals surface area (Å²) in [4.78, 5) is 25.6. The summed E-state index contributed by atoms with van der Waals surface area (Å²) < 4.78 is 5.20. The van der Waals surface area contributed by atoms with Crippen LogP contribution in [0.3, 0.4) is 0 Å². The van der Waals surface area contributed by atoms with E-state index in [0.717, 1.165) is 6.54 Å². The number of nitrogens with zero attached hydrogens (tertiary/aromatic N) is 1. The Hall–Kier alpha value is -1.14. The van der Waals surface area contributed by atoms with Crippen molar-refractivity contribution in [2.45, 2.75) is 39.3 Å². The summed E-state index contributed by atoms with van der Waals surface area (Å²) >= 11 is 0. The van der Waals surface area contributed by atoms with Gasteiger partial charge < -0.3 is 20.3 Å². The molecule has 1 heterocycles. The minimum atomic E-state index is -0.473. The van der Waals surface area contributed by atoms with E-state index in [-0.39, 0.29) is 17.9 Å². The molecule has 2 unspecified atom stereocenters. The van der Waals surface area contributed by atoms with E-state index in [4.69, 9.17) is 4.74 Å². The maximum absolute atomic E-state index is 12.1. The SMILES string of the molecule is CCNC(C)CC(=O)NC(C)C(=O)N1CCOCC1. The zero-order chi connectivity index (χ0) is 14.3. The highest BCUT2D eigenvalue weighted by molar-refractivity contribution is 5.87. The number of ether oxygens (including phenoxy) is 1. The fourth-order valence-corrected chi connectivity index (χ4v) is 2.12. The summed E-state index contributed by atoms with van der Waals surface area (Å²) in [5, 5.41) is 5.92. The van der Waals surface area contributed by atoms with Crippen LogP contribution in [-0.4, -0.2) is 61.6 Å². The molecule has 2 atom stereocenters. The number of amides is 2. The van der Waals surface area contributed by atoms with Crippen LogP contribution in [0, 0.1) is 0 Å². The van der Waals surface area contributed by atoms with Crippen LogP contribution in [-0.2, 0) is 14.3 Å². The van der Waals surface area contributed by atoms with Crippen molar-refractivity contribution in [3.8, 4) is 0 Å². The lowest BCUT2D eigenvalue weighted by Crippen LogP contribution is -2.51. The Morgan fingerprint density at radius 3 is 2.47 bits per heavy atom. The molecule has 0 bridgehead atoms. The summed E-state index contributed by atoms with van der Waals surface area (Å²) in [7, 11) is 0. The molecule has 0 spiro atoms. The number of hydrogen-bond acceptors (Lipinski definition) is 4. The van der Waals surface area contributed by atoms with Gasteiger partial charge in [-0.25, -0.2) is 0 Å². The molecule has 0 radical (unpaired) electrons. The average Bonchev–Trinajstić information content (AvgIpc) is 2.38. The van der Waals surface area contributed by atoms with E-state index >= 15 is 0 Å². The van der Waals surface area contributed by atoms with E-state index < -0.39 is 6.04 Å². The number of morpholine rings is 1. The van der Waals surface area contributed by atoms with Gasteiger partial charge in [0.2, 0.25) is 11.8 Å². The molecule has 1 rings (SSSR count). The maximum Gasteiger partial charge on any atom is 0.245 e. The first-order chi connectivity index (χ1) is 9.04. The van der Waals surface area contributed by atoms with Crippen molar-refractivity contribution in [1.82, 2.24) is 15.5 Å². The Labute approximate surface area is 114 Å². The topological polar surface area (TPSA) is 70.7 Å². The van der Waals surface area contributed by atoms with Crippen LogP contribution < -0.4 is 10.6 Å². The first-order valence-corrected chi connectivity index (χ1v) is 6.93. The van der Waals surface area contributed by atoms with Crippen molar-refractivity contribution < 1.29 is 14.3 Å². The van der Waals surface area contributed by atoms with Crippen LogP contribution in [0.25, 0.3) is 0 Å². The highest BCUT2D eigenvalue weighted by atomic mass is 16.5. The van der Waals surface area contributed by atoms with Gasteiger partial charge >= 0.3 is 0 Å². The van der Waals surface area contributed by atoms with Crippen molar-refractivity contribution in [2.24, 2.45) is 0 Å². The van der Waals surface area contributed by atoms with Crippen LogP contribution in [0.2, 0.25) is 0 Å². The van der Waals surface area contributed by atoms with Crippen LogP contribution in [0.5, 0.6) is 0 Å². The molecule has 1 fully saturated rings. The second-order valence-corrected chi connectivity index (χ2v) is 4.89. The molecule has 0 aliphatic carbocycles. The largest absolute Gasteiger partial charge is 0.378 e. The summed E-state index contributed by atoms with van der Waals surface area (Å²) in [5.41, 5.74) is 0. The van der Waals surface area contributed by atoms with Gasteiger partial charge in [0.15, 0.2) is 0 Å². The number of carbonyl (C=O) groups is 2. The zero-order valence-electron chi connectivity index (χ0n) is 12.1. The van der Waals surface area contributed by atoms with Crippen LogP contribution >= 0.6 is 0 Å². The number of rotatable bonds is 6. The molecule has 0 aromatic carbocycles. The number of hydrogen-bond donors (Lipinski definition) is 2. The Kier molecular flexibility index (Phi) is 6.80. The second kappa shape index (κ2) is 8.12. The van der Waals surface area contributed by atoms with E-state index in [1.807, 2.05) is 13.8 Å². The lowest BCUT2D eigenvalue weighted by molar-refractivity contribution is -0.139. The van der Waals surface area contributed by atoms with E-state index in [9.17, 15) is 9.59 Å². The smallest absolute Gasteiger partial charge is 0.245 e. The molecule has 0 saturated carbocycles. The average molecular weight is 271 g/mol. The third-order valence-corrected chi connectivity index (χ3v) is 3.11. The van der Waals surface area contributed by atoms with Crippen LogP contribution in [0.4, 0.5) is 0 Å². The highest BCUT2D eigenvalue weighted by Gasteiger charge is 2.23. The van der Waals surface area contributed by atoms with E-state index in [1.54, 1.807) is 11.8 Å². The lowest BCUT2D eigenvalue weighted by Gasteiger charge is -2.29. The molecule has 2 N–H and O–H groups in total. The van der Waals surface area contributed by atoms with Gasteiger partial charge in [-0.15, -0.1) is 0 Å². The van der Waals surface area contributed by atoms with Crippen molar-refractivity contribution in [2.75, 3.05) is 32.8 Å². The van der Waals surface area contributed by atoms with Gasteiger partial charge in [0.05, 0.1) is 13.2 Å². The Morgan fingerprint density at radius 1 is 1.26 bits per heavy atom. The van der Waals surface area contributed by atoms with E-state index in [0.29, 0.717) is 32.7 Å². The summed E-state index contributed by atoms with van der Waals surface area (Å²) in [6.45, 7) is 8.87. The Morgan fingerprint density at radius 2 is 1.89 bits per heavy atom. The number of nitrogens with one attached hydrogen (secondary N) is 2. The molecule has 110 valence electrons. The van der Waals surface area contributed by atoms with Gasteiger partial charge in [0.1, 0.15) is 6.04 Å². The predicted octanol–water partition coefficient (Wildman–Crippen LogP) is -0.262. The van der Waals surface area contributed by atoms with Gasteiger partial charge in [-0.05, 0) is 20.4 Å². The quantitative estimate of drug-likeness (QED) is 0.698. The maximum atomic E-state index is 12.1. The standard InChI is InChI=1S/C13H25N3O3/c1-4-14-10(2)9-12(17)15-11(3)13(18)16-5-7-19-8-6-16/h10-11,14H,4-9H2,1-3H3,(H,15,17). The van der Waals surface area contributed by atoms with E-state index in [2.05, 4.69) is 10.6 Å². The van der Waals surface area contributed by atoms with Crippen LogP contribution in [0.1, 0.15) is 27.2 Å².